The Kier molecular flexibility index (Phi) is 6.68. The molecule has 0 fully saturated rings. The Balaban J connectivity index is 2.86. The van der Waals surface area contributed by atoms with E-state index >= 15 is 0 Å². The summed E-state index contributed by atoms with van der Waals surface area (Å²) in [5, 5.41) is 10.0. The SMILES string of the molecule is CCN(CC)CCSc1cc(C(=O)O)cc(C(C)(C)C)n1. The largest absolute Gasteiger partial charge is 0.478 e. The van der Waals surface area contributed by atoms with Gasteiger partial charge in [-0.1, -0.05) is 34.6 Å². The predicted molar refractivity (Wildman–Crippen MR) is 88.4 cm³/mol. The summed E-state index contributed by atoms with van der Waals surface area (Å²) < 4.78 is 0. The Bertz CT molecular complexity index is 480. The number of carbonyl (C=O) groups is 1. The molecule has 0 aliphatic carbocycles. The Labute approximate surface area is 132 Å². The molecule has 0 amide bonds. The number of pyridine rings is 1. The standard InChI is InChI=1S/C16H26N2O2S/c1-6-18(7-2)8-9-21-14-11-12(15(19)20)10-13(17-14)16(3,4)5/h10-11H,6-9H2,1-5H3,(H,19,20). The Morgan fingerprint density at radius 1 is 1.29 bits per heavy atom. The van der Waals surface area contributed by atoms with E-state index in [0.29, 0.717) is 5.56 Å². The van der Waals surface area contributed by atoms with Crippen LogP contribution in [0.2, 0.25) is 0 Å². The van der Waals surface area contributed by atoms with Gasteiger partial charge in [0.25, 0.3) is 0 Å². The molecule has 0 aliphatic rings. The summed E-state index contributed by atoms with van der Waals surface area (Å²) in [5.74, 6) is 0.0231. The number of rotatable bonds is 7. The van der Waals surface area contributed by atoms with Crippen molar-refractivity contribution >= 4 is 17.7 Å². The van der Waals surface area contributed by atoms with Gasteiger partial charge < -0.3 is 10.0 Å². The van der Waals surface area contributed by atoms with Crippen molar-refractivity contribution < 1.29 is 9.90 Å². The van der Waals surface area contributed by atoms with Crippen molar-refractivity contribution in [2.24, 2.45) is 0 Å². The molecule has 118 valence electrons. The normalized spacial score (nSPS) is 11.9. The van der Waals surface area contributed by atoms with Crippen molar-refractivity contribution in [2.45, 2.75) is 45.1 Å². The number of nitrogens with zero attached hydrogens (tertiary/aromatic N) is 2. The van der Waals surface area contributed by atoms with Gasteiger partial charge in [0.1, 0.15) is 0 Å². The van der Waals surface area contributed by atoms with Crippen LogP contribution in [-0.4, -0.2) is 46.3 Å². The van der Waals surface area contributed by atoms with Gasteiger partial charge in [-0.3, -0.25) is 0 Å². The predicted octanol–water partition coefficient (Wildman–Crippen LogP) is 3.51. The smallest absolute Gasteiger partial charge is 0.335 e. The van der Waals surface area contributed by atoms with Crippen LogP contribution in [0, 0.1) is 0 Å². The zero-order valence-corrected chi connectivity index (χ0v) is 14.5. The van der Waals surface area contributed by atoms with Crippen LogP contribution >= 0.6 is 11.8 Å². The summed E-state index contributed by atoms with van der Waals surface area (Å²) >= 11 is 1.63. The van der Waals surface area contributed by atoms with E-state index < -0.39 is 5.97 Å². The zero-order chi connectivity index (χ0) is 16.0. The third-order valence-electron chi connectivity index (χ3n) is 3.37. The Morgan fingerprint density at radius 3 is 2.38 bits per heavy atom. The van der Waals surface area contributed by atoms with Crippen molar-refractivity contribution in [3.8, 4) is 0 Å². The van der Waals surface area contributed by atoms with Gasteiger partial charge in [-0.2, -0.15) is 0 Å². The lowest BCUT2D eigenvalue weighted by Crippen LogP contribution is -2.25. The van der Waals surface area contributed by atoms with Crippen LogP contribution < -0.4 is 0 Å². The van der Waals surface area contributed by atoms with Gasteiger partial charge in [0.2, 0.25) is 0 Å². The first-order valence-corrected chi connectivity index (χ1v) is 8.37. The van der Waals surface area contributed by atoms with Crippen molar-refractivity contribution in [3.05, 3.63) is 23.4 Å². The van der Waals surface area contributed by atoms with Crippen LogP contribution in [0.15, 0.2) is 17.2 Å². The second-order valence-corrected chi connectivity index (χ2v) is 7.12. The number of carboxylic acid groups (broad SMARTS) is 1. The van der Waals surface area contributed by atoms with E-state index in [1.54, 1.807) is 23.9 Å². The van der Waals surface area contributed by atoms with Gasteiger partial charge in [0, 0.05) is 23.4 Å². The number of carboxylic acids is 1. The van der Waals surface area contributed by atoms with Crippen LogP contribution in [0.3, 0.4) is 0 Å². The molecule has 5 heteroatoms. The van der Waals surface area contributed by atoms with Crippen LogP contribution in [0.1, 0.15) is 50.7 Å². The second-order valence-electron chi connectivity index (χ2n) is 6.01. The number of aromatic carboxylic acids is 1. The van der Waals surface area contributed by atoms with Crippen LogP contribution in [0.5, 0.6) is 0 Å². The summed E-state index contributed by atoms with van der Waals surface area (Å²) in [4.78, 5) is 18.2. The maximum atomic E-state index is 11.3. The summed E-state index contributed by atoms with van der Waals surface area (Å²) in [7, 11) is 0. The molecule has 0 bridgehead atoms. The van der Waals surface area contributed by atoms with Crippen LogP contribution in [0.25, 0.3) is 0 Å². The first-order valence-electron chi connectivity index (χ1n) is 7.39. The van der Waals surface area contributed by atoms with Gasteiger partial charge in [0.05, 0.1) is 10.6 Å². The van der Waals surface area contributed by atoms with Crippen molar-refractivity contribution in [1.82, 2.24) is 9.88 Å². The van der Waals surface area contributed by atoms with E-state index in [1.807, 2.05) is 20.8 Å². The molecule has 1 aromatic heterocycles. The fourth-order valence-electron chi connectivity index (χ4n) is 1.91. The molecule has 0 saturated carbocycles. The van der Waals surface area contributed by atoms with Gasteiger partial charge in [0.15, 0.2) is 0 Å². The lowest BCUT2D eigenvalue weighted by atomic mass is 9.91. The van der Waals surface area contributed by atoms with E-state index in [2.05, 4.69) is 23.7 Å². The molecule has 1 N–H and O–H groups in total. The Hall–Kier alpha value is -1.07. The molecule has 0 spiro atoms. The number of hydrogen-bond donors (Lipinski definition) is 1. The molecule has 0 unspecified atom stereocenters. The minimum absolute atomic E-state index is 0.153. The average molecular weight is 310 g/mol. The van der Waals surface area contributed by atoms with Crippen LogP contribution in [-0.2, 0) is 5.41 Å². The highest BCUT2D eigenvalue weighted by Gasteiger charge is 2.19. The molecule has 4 nitrogen and oxygen atoms in total. The monoisotopic (exact) mass is 310 g/mol. The Morgan fingerprint density at radius 2 is 1.90 bits per heavy atom. The summed E-state index contributed by atoms with van der Waals surface area (Å²) in [6.07, 6.45) is 0. The number of thioether (sulfide) groups is 1. The molecule has 0 aromatic carbocycles. The molecule has 0 aliphatic heterocycles. The first kappa shape index (κ1) is 18.0. The lowest BCUT2D eigenvalue weighted by Gasteiger charge is -2.20. The lowest BCUT2D eigenvalue weighted by molar-refractivity contribution is 0.0696. The third kappa shape index (κ3) is 5.67. The van der Waals surface area contributed by atoms with E-state index in [4.69, 9.17) is 0 Å². The second kappa shape index (κ2) is 7.80. The first-order chi connectivity index (χ1) is 9.77. The van der Waals surface area contributed by atoms with E-state index in [1.165, 1.54) is 0 Å². The van der Waals surface area contributed by atoms with Crippen LogP contribution in [0.4, 0.5) is 0 Å². The highest BCUT2D eigenvalue weighted by Crippen LogP contribution is 2.25. The molecule has 0 radical (unpaired) electrons. The molecule has 0 atom stereocenters. The molecule has 1 aromatic rings. The fourth-order valence-corrected chi connectivity index (χ4v) is 2.84. The van der Waals surface area contributed by atoms with Gasteiger partial charge in [-0.15, -0.1) is 11.8 Å². The topological polar surface area (TPSA) is 53.4 Å². The molecular weight excluding hydrogens is 284 g/mol. The highest BCUT2D eigenvalue weighted by atomic mass is 32.2. The van der Waals surface area contributed by atoms with E-state index in [0.717, 1.165) is 36.1 Å². The highest BCUT2D eigenvalue weighted by molar-refractivity contribution is 7.99. The average Bonchev–Trinajstić information content (AvgIpc) is 2.42. The summed E-state index contributed by atoms with van der Waals surface area (Å²) in [5.41, 5.74) is 0.993. The third-order valence-corrected chi connectivity index (χ3v) is 4.26. The van der Waals surface area contributed by atoms with Crippen molar-refractivity contribution in [3.63, 3.8) is 0 Å². The van der Waals surface area contributed by atoms with Crippen molar-refractivity contribution in [1.29, 1.82) is 0 Å². The summed E-state index contributed by atoms with van der Waals surface area (Å²) in [6.45, 7) is 13.5. The summed E-state index contributed by atoms with van der Waals surface area (Å²) in [6, 6.07) is 3.35. The van der Waals surface area contributed by atoms with Gasteiger partial charge >= 0.3 is 5.97 Å². The molecular formula is C16H26N2O2S. The van der Waals surface area contributed by atoms with Gasteiger partial charge in [-0.25, -0.2) is 9.78 Å². The zero-order valence-electron chi connectivity index (χ0n) is 13.6. The molecule has 21 heavy (non-hydrogen) atoms. The van der Waals surface area contributed by atoms with Gasteiger partial charge in [-0.05, 0) is 25.2 Å². The number of aromatic nitrogens is 1. The molecule has 1 rings (SSSR count). The molecule has 0 saturated heterocycles. The maximum Gasteiger partial charge on any atom is 0.335 e. The quantitative estimate of drug-likeness (QED) is 0.781. The fraction of sp³-hybridized carbons (Fsp3) is 0.625. The van der Waals surface area contributed by atoms with E-state index in [-0.39, 0.29) is 5.41 Å². The van der Waals surface area contributed by atoms with Crippen molar-refractivity contribution in [2.75, 3.05) is 25.4 Å². The number of hydrogen-bond acceptors (Lipinski definition) is 4. The molecule has 1 heterocycles. The van der Waals surface area contributed by atoms with E-state index in [9.17, 15) is 9.90 Å². The minimum Gasteiger partial charge on any atom is -0.478 e. The maximum absolute atomic E-state index is 11.3. The minimum atomic E-state index is -0.895.